The second-order valence-electron chi connectivity index (χ2n) is 6.12. The van der Waals surface area contributed by atoms with Crippen LogP contribution in [-0.4, -0.2) is 0 Å². The minimum atomic E-state index is -5.11. The van der Waals surface area contributed by atoms with Gasteiger partial charge in [0.25, 0.3) is 0 Å². The van der Waals surface area contributed by atoms with Gasteiger partial charge in [-0.1, -0.05) is 42.5 Å². The standard InChI is InChI=1S/C20H14F6N2/c21-19(22,23)15-10-14(11-4-2-1-3-5-11)16(12-6-8-13(27)9-7-12)17(18(15)28)20(24,25)26/h1-10H,27-28H2. The second-order valence-corrected chi connectivity index (χ2v) is 6.12. The first-order valence-corrected chi connectivity index (χ1v) is 8.02. The fourth-order valence-corrected chi connectivity index (χ4v) is 3.02. The fraction of sp³-hybridized carbons (Fsp3) is 0.100. The van der Waals surface area contributed by atoms with Gasteiger partial charge in [-0.3, -0.25) is 0 Å². The largest absolute Gasteiger partial charge is 0.419 e. The Hall–Kier alpha value is -3.16. The predicted molar refractivity (Wildman–Crippen MR) is 96.1 cm³/mol. The van der Waals surface area contributed by atoms with E-state index in [1.54, 1.807) is 6.07 Å². The second kappa shape index (κ2) is 6.78. The first kappa shape index (κ1) is 19.6. The van der Waals surface area contributed by atoms with Crippen LogP contribution in [0.3, 0.4) is 0 Å². The van der Waals surface area contributed by atoms with E-state index in [4.69, 9.17) is 11.5 Å². The van der Waals surface area contributed by atoms with Gasteiger partial charge < -0.3 is 11.5 Å². The first-order chi connectivity index (χ1) is 13.0. The van der Waals surface area contributed by atoms with E-state index in [9.17, 15) is 26.3 Å². The number of benzene rings is 3. The Balaban J connectivity index is 2.50. The summed E-state index contributed by atoms with van der Waals surface area (Å²) in [7, 11) is 0. The third-order valence-corrected chi connectivity index (χ3v) is 4.24. The van der Waals surface area contributed by atoms with Crippen LogP contribution < -0.4 is 11.5 Å². The number of hydrogen-bond donors (Lipinski definition) is 2. The highest BCUT2D eigenvalue weighted by Crippen LogP contribution is 2.50. The molecule has 146 valence electrons. The number of nitrogens with two attached hydrogens (primary N) is 2. The van der Waals surface area contributed by atoms with Crippen LogP contribution in [0, 0.1) is 0 Å². The van der Waals surface area contributed by atoms with E-state index < -0.39 is 34.7 Å². The minimum absolute atomic E-state index is 0.0563. The van der Waals surface area contributed by atoms with Crippen molar-refractivity contribution in [3.05, 3.63) is 71.8 Å². The van der Waals surface area contributed by atoms with Crippen molar-refractivity contribution in [3.63, 3.8) is 0 Å². The van der Waals surface area contributed by atoms with E-state index in [-0.39, 0.29) is 16.7 Å². The molecule has 0 aliphatic carbocycles. The Labute approximate surface area is 156 Å². The molecule has 0 unspecified atom stereocenters. The number of alkyl halides is 6. The van der Waals surface area contributed by atoms with Crippen molar-refractivity contribution in [2.75, 3.05) is 11.5 Å². The Morgan fingerprint density at radius 3 is 1.71 bits per heavy atom. The van der Waals surface area contributed by atoms with E-state index in [0.29, 0.717) is 11.8 Å². The number of halogens is 6. The predicted octanol–water partition coefficient (Wildman–Crippen LogP) is 6.22. The molecule has 2 nitrogen and oxygen atoms in total. The van der Waals surface area contributed by atoms with Gasteiger partial charge in [0.2, 0.25) is 0 Å². The summed E-state index contributed by atoms with van der Waals surface area (Å²) in [5, 5.41) is 0. The molecule has 0 fully saturated rings. The lowest BCUT2D eigenvalue weighted by Gasteiger charge is -2.23. The zero-order valence-electron chi connectivity index (χ0n) is 14.2. The Morgan fingerprint density at radius 2 is 1.21 bits per heavy atom. The van der Waals surface area contributed by atoms with Crippen molar-refractivity contribution in [1.29, 1.82) is 0 Å². The van der Waals surface area contributed by atoms with Crippen molar-refractivity contribution < 1.29 is 26.3 Å². The molecule has 0 aliphatic heterocycles. The zero-order valence-corrected chi connectivity index (χ0v) is 14.2. The number of anilines is 2. The topological polar surface area (TPSA) is 52.0 Å². The van der Waals surface area contributed by atoms with Crippen molar-refractivity contribution in [3.8, 4) is 22.3 Å². The molecule has 0 bridgehead atoms. The molecule has 0 saturated heterocycles. The van der Waals surface area contributed by atoms with Crippen LogP contribution in [0.1, 0.15) is 11.1 Å². The van der Waals surface area contributed by atoms with Gasteiger partial charge in [0.15, 0.2) is 0 Å². The monoisotopic (exact) mass is 396 g/mol. The summed E-state index contributed by atoms with van der Waals surface area (Å²) < 4.78 is 81.9. The molecule has 0 saturated carbocycles. The Morgan fingerprint density at radius 1 is 0.643 bits per heavy atom. The number of hydrogen-bond acceptors (Lipinski definition) is 2. The smallest absolute Gasteiger partial charge is 0.399 e. The SMILES string of the molecule is Nc1ccc(-c2c(-c3ccccc3)cc(C(F)(F)F)c(N)c2C(F)(F)F)cc1. The summed E-state index contributed by atoms with van der Waals surface area (Å²) in [5.41, 5.74) is 6.50. The molecule has 3 aromatic rings. The van der Waals surface area contributed by atoms with Crippen LogP contribution in [0.5, 0.6) is 0 Å². The minimum Gasteiger partial charge on any atom is -0.399 e. The molecular formula is C20H14F6N2. The number of rotatable bonds is 2. The molecular weight excluding hydrogens is 382 g/mol. The third-order valence-electron chi connectivity index (χ3n) is 4.24. The van der Waals surface area contributed by atoms with Gasteiger partial charge >= 0.3 is 12.4 Å². The molecule has 0 aromatic heterocycles. The van der Waals surface area contributed by atoms with E-state index in [1.807, 2.05) is 0 Å². The molecule has 3 rings (SSSR count). The van der Waals surface area contributed by atoms with Crippen molar-refractivity contribution in [2.24, 2.45) is 0 Å². The van der Waals surface area contributed by atoms with Crippen molar-refractivity contribution in [1.82, 2.24) is 0 Å². The molecule has 0 radical (unpaired) electrons. The molecule has 0 atom stereocenters. The summed E-state index contributed by atoms with van der Waals surface area (Å²) in [4.78, 5) is 0. The maximum atomic E-state index is 13.9. The summed E-state index contributed by atoms with van der Waals surface area (Å²) in [5.74, 6) is 0. The van der Waals surface area contributed by atoms with Crippen LogP contribution in [0.15, 0.2) is 60.7 Å². The molecule has 28 heavy (non-hydrogen) atoms. The van der Waals surface area contributed by atoms with E-state index in [2.05, 4.69) is 0 Å². The molecule has 0 aliphatic rings. The van der Waals surface area contributed by atoms with Crippen LogP contribution in [0.2, 0.25) is 0 Å². The van der Waals surface area contributed by atoms with Gasteiger partial charge in [0.1, 0.15) is 0 Å². The van der Waals surface area contributed by atoms with Crippen LogP contribution in [0.25, 0.3) is 22.3 Å². The fourth-order valence-electron chi connectivity index (χ4n) is 3.02. The summed E-state index contributed by atoms with van der Waals surface area (Å²) >= 11 is 0. The summed E-state index contributed by atoms with van der Waals surface area (Å²) in [6, 6.07) is 13.6. The molecule has 0 spiro atoms. The van der Waals surface area contributed by atoms with Crippen LogP contribution in [-0.2, 0) is 12.4 Å². The van der Waals surface area contributed by atoms with Gasteiger partial charge in [-0.05, 0) is 34.9 Å². The van der Waals surface area contributed by atoms with Gasteiger partial charge in [0, 0.05) is 11.3 Å². The van der Waals surface area contributed by atoms with Crippen LogP contribution >= 0.6 is 0 Å². The Kier molecular flexibility index (Phi) is 4.74. The highest BCUT2D eigenvalue weighted by Gasteiger charge is 2.43. The van der Waals surface area contributed by atoms with Crippen molar-refractivity contribution >= 4 is 11.4 Å². The summed E-state index contributed by atoms with van der Waals surface area (Å²) in [6.45, 7) is 0. The van der Waals surface area contributed by atoms with Gasteiger partial charge in [-0.15, -0.1) is 0 Å². The van der Waals surface area contributed by atoms with E-state index in [1.165, 1.54) is 48.5 Å². The Bertz CT molecular complexity index is 990. The molecule has 0 amide bonds. The molecule has 8 heteroatoms. The lowest BCUT2D eigenvalue weighted by atomic mass is 9.86. The van der Waals surface area contributed by atoms with Crippen LogP contribution in [0.4, 0.5) is 37.7 Å². The lowest BCUT2D eigenvalue weighted by Crippen LogP contribution is -2.18. The van der Waals surface area contributed by atoms with Gasteiger partial charge in [0.05, 0.1) is 16.8 Å². The average molecular weight is 396 g/mol. The average Bonchev–Trinajstić information content (AvgIpc) is 2.60. The quantitative estimate of drug-likeness (QED) is 0.399. The van der Waals surface area contributed by atoms with E-state index >= 15 is 0 Å². The van der Waals surface area contributed by atoms with Gasteiger partial charge in [-0.2, -0.15) is 26.3 Å². The molecule has 0 heterocycles. The zero-order chi connectivity index (χ0) is 20.7. The molecule has 3 aromatic carbocycles. The first-order valence-electron chi connectivity index (χ1n) is 8.02. The van der Waals surface area contributed by atoms with E-state index in [0.717, 1.165) is 0 Å². The maximum Gasteiger partial charge on any atom is 0.419 e. The molecule has 4 N–H and O–H groups in total. The normalized spacial score (nSPS) is 12.2. The highest BCUT2D eigenvalue weighted by molar-refractivity contribution is 5.91. The third kappa shape index (κ3) is 3.62. The summed E-state index contributed by atoms with van der Waals surface area (Å²) in [6.07, 6.45) is -10.2. The van der Waals surface area contributed by atoms with Gasteiger partial charge in [-0.25, -0.2) is 0 Å². The number of nitrogen functional groups attached to an aromatic ring is 2. The maximum absolute atomic E-state index is 13.9. The van der Waals surface area contributed by atoms with Crippen molar-refractivity contribution in [2.45, 2.75) is 12.4 Å². The highest BCUT2D eigenvalue weighted by atomic mass is 19.4. The lowest BCUT2D eigenvalue weighted by molar-refractivity contribution is -0.141.